The minimum absolute atomic E-state index is 0.0348. The molecule has 1 N–H and O–H groups in total. The molecule has 0 aromatic heterocycles. The molecule has 0 unspecified atom stereocenters. The van der Waals surface area contributed by atoms with Crippen LogP contribution in [-0.4, -0.2) is 29.2 Å². The van der Waals surface area contributed by atoms with E-state index in [1.54, 1.807) is 24.3 Å². The molecule has 4 rings (SSSR count). The summed E-state index contributed by atoms with van der Waals surface area (Å²) in [5.74, 6) is -0.0627. The molecular weight excluding hydrogens is 340 g/mol. The quantitative estimate of drug-likeness (QED) is 0.768. The Morgan fingerprint density at radius 3 is 2.15 bits per heavy atom. The third kappa shape index (κ3) is 3.63. The monoisotopic (exact) mass is 362 g/mol. The van der Waals surface area contributed by atoms with E-state index < -0.39 is 0 Å². The fourth-order valence-corrected chi connectivity index (χ4v) is 3.65. The number of nitrogens with zero attached hydrogens (tertiary/aromatic N) is 1. The first-order chi connectivity index (χ1) is 13.1. The largest absolute Gasteiger partial charge is 0.349 e. The summed E-state index contributed by atoms with van der Waals surface area (Å²) >= 11 is 0. The molecule has 2 aromatic carbocycles. The zero-order chi connectivity index (χ0) is 18.8. The highest BCUT2D eigenvalue weighted by atomic mass is 16.2. The van der Waals surface area contributed by atoms with E-state index in [0.717, 1.165) is 18.4 Å². The number of imide groups is 1. The molecule has 1 heterocycles. The first kappa shape index (κ1) is 17.5. The van der Waals surface area contributed by atoms with Crippen LogP contribution in [0.25, 0.3) is 0 Å². The van der Waals surface area contributed by atoms with Crippen molar-refractivity contribution in [1.82, 2.24) is 10.2 Å². The summed E-state index contributed by atoms with van der Waals surface area (Å²) in [6.07, 6.45) is 3.02. The molecule has 5 heteroatoms. The maximum absolute atomic E-state index is 12.4. The first-order valence-electron chi connectivity index (χ1n) is 9.44. The predicted molar refractivity (Wildman–Crippen MR) is 101 cm³/mol. The van der Waals surface area contributed by atoms with Crippen LogP contribution in [0.5, 0.6) is 0 Å². The second-order valence-corrected chi connectivity index (χ2v) is 7.20. The summed E-state index contributed by atoms with van der Waals surface area (Å²) in [5, 5.41) is 3.13. The standard InChI is InChI=1S/C22H22N2O3/c25-19(23-20(16-12-13-16)15-7-2-1-3-8-15)11-6-14-24-21(26)17-9-4-5-10-18(17)22(24)27/h1-5,7-10,16,20H,6,11-14H2,(H,23,25)/t20-/m0/s1. The van der Waals surface area contributed by atoms with E-state index in [1.165, 1.54) is 4.90 Å². The number of hydrogen-bond donors (Lipinski definition) is 1. The normalized spacial score (nSPS) is 17.0. The Labute approximate surface area is 158 Å². The molecule has 27 heavy (non-hydrogen) atoms. The van der Waals surface area contributed by atoms with Gasteiger partial charge in [-0.3, -0.25) is 19.3 Å². The van der Waals surface area contributed by atoms with Gasteiger partial charge in [0.1, 0.15) is 0 Å². The van der Waals surface area contributed by atoms with Gasteiger partial charge < -0.3 is 5.32 Å². The van der Waals surface area contributed by atoms with E-state index in [-0.39, 0.29) is 30.3 Å². The molecule has 1 atom stereocenters. The maximum Gasteiger partial charge on any atom is 0.261 e. The third-order valence-electron chi connectivity index (χ3n) is 5.23. The molecule has 0 bridgehead atoms. The molecule has 0 spiro atoms. The zero-order valence-corrected chi connectivity index (χ0v) is 15.1. The summed E-state index contributed by atoms with van der Waals surface area (Å²) in [6, 6.07) is 16.9. The Hall–Kier alpha value is -2.95. The zero-order valence-electron chi connectivity index (χ0n) is 15.1. The maximum atomic E-state index is 12.4. The van der Waals surface area contributed by atoms with Crippen molar-refractivity contribution in [2.45, 2.75) is 31.7 Å². The van der Waals surface area contributed by atoms with Gasteiger partial charge in [0, 0.05) is 13.0 Å². The van der Waals surface area contributed by atoms with Gasteiger partial charge >= 0.3 is 0 Å². The molecule has 2 aliphatic rings. The predicted octanol–water partition coefficient (Wildman–Crippen LogP) is 3.33. The minimum Gasteiger partial charge on any atom is -0.349 e. The fourth-order valence-electron chi connectivity index (χ4n) is 3.65. The summed E-state index contributed by atoms with van der Waals surface area (Å²) < 4.78 is 0. The van der Waals surface area contributed by atoms with Gasteiger partial charge in [-0.15, -0.1) is 0 Å². The molecule has 138 valence electrons. The fraction of sp³-hybridized carbons (Fsp3) is 0.318. The third-order valence-corrected chi connectivity index (χ3v) is 5.23. The Morgan fingerprint density at radius 2 is 1.56 bits per heavy atom. The summed E-state index contributed by atoms with van der Waals surface area (Å²) in [7, 11) is 0. The van der Waals surface area contributed by atoms with Gasteiger partial charge in [-0.1, -0.05) is 42.5 Å². The van der Waals surface area contributed by atoms with E-state index in [1.807, 2.05) is 30.3 Å². The first-order valence-corrected chi connectivity index (χ1v) is 9.44. The highest BCUT2D eigenvalue weighted by molar-refractivity contribution is 6.21. The Morgan fingerprint density at radius 1 is 0.963 bits per heavy atom. The molecular formula is C22H22N2O3. The van der Waals surface area contributed by atoms with Crippen LogP contribution >= 0.6 is 0 Å². The van der Waals surface area contributed by atoms with Crippen molar-refractivity contribution < 1.29 is 14.4 Å². The topological polar surface area (TPSA) is 66.5 Å². The summed E-state index contributed by atoms with van der Waals surface area (Å²) in [6.45, 7) is 0.263. The lowest BCUT2D eigenvalue weighted by Crippen LogP contribution is -2.33. The highest BCUT2D eigenvalue weighted by Crippen LogP contribution is 2.41. The van der Waals surface area contributed by atoms with Crippen LogP contribution < -0.4 is 5.32 Å². The average molecular weight is 362 g/mol. The van der Waals surface area contributed by atoms with E-state index in [9.17, 15) is 14.4 Å². The van der Waals surface area contributed by atoms with Crippen molar-refractivity contribution >= 4 is 17.7 Å². The molecule has 0 radical (unpaired) electrons. The van der Waals surface area contributed by atoms with Gasteiger partial charge in [-0.05, 0) is 42.9 Å². The lowest BCUT2D eigenvalue weighted by Gasteiger charge is -2.19. The van der Waals surface area contributed by atoms with E-state index in [4.69, 9.17) is 0 Å². The highest BCUT2D eigenvalue weighted by Gasteiger charge is 2.35. The Bertz CT molecular complexity index is 839. The molecule has 2 aromatic rings. The van der Waals surface area contributed by atoms with Crippen molar-refractivity contribution in [1.29, 1.82) is 0 Å². The lowest BCUT2D eigenvalue weighted by atomic mass is 10.0. The average Bonchev–Trinajstić information content (AvgIpc) is 3.51. The van der Waals surface area contributed by atoms with Crippen molar-refractivity contribution in [2.75, 3.05) is 6.54 Å². The van der Waals surface area contributed by atoms with Crippen LogP contribution in [0.2, 0.25) is 0 Å². The SMILES string of the molecule is O=C(CCCN1C(=O)c2ccccc2C1=O)N[C@@H](c1ccccc1)C1CC1. The summed E-state index contributed by atoms with van der Waals surface area (Å²) in [4.78, 5) is 38.4. The molecule has 1 aliphatic heterocycles. The Balaban J connectivity index is 1.31. The number of fused-ring (bicyclic) bond motifs is 1. The number of rotatable bonds is 7. The van der Waals surface area contributed by atoms with Crippen molar-refractivity contribution in [3.05, 3.63) is 71.3 Å². The van der Waals surface area contributed by atoms with E-state index >= 15 is 0 Å². The molecule has 1 saturated carbocycles. The van der Waals surface area contributed by atoms with E-state index in [2.05, 4.69) is 5.32 Å². The van der Waals surface area contributed by atoms with Crippen LogP contribution in [0.3, 0.4) is 0 Å². The van der Waals surface area contributed by atoms with E-state index in [0.29, 0.717) is 29.9 Å². The van der Waals surface area contributed by atoms with Gasteiger partial charge in [-0.25, -0.2) is 0 Å². The number of hydrogen-bond acceptors (Lipinski definition) is 3. The smallest absolute Gasteiger partial charge is 0.261 e. The van der Waals surface area contributed by atoms with Crippen molar-refractivity contribution in [3.63, 3.8) is 0 Å². The van der Waals surface area contributed by atoms with Gasteiger partial charge in [-0.2, -0.15) is 0 Å². The number of benzene rings is 2. The van der Waals surface area contributed by atoms with Gasteiger partial charge in [0.25, 0.3) is 11.8 Å². The number of carbonyl (C=O) groups is 3. The molecule has 0 saturated heterocycles. The van der Waals surface area contributed by atoms with Crippen LogP contribution in [-0.2, 0) is 4.79 Å². The van der Waals surface area contributed by atoms with Gasteiger partial charge in [0.2, 0.25) is 5.91 Å². The number of amides is 3. The van der Waals surface area contributed by atoms with Crippen LogP contribution in [0.15, 0.2) is 54.6 Å². The molecule has 1 fully saturated rings. The summed E-state index contributed by atoms with van der Waals surface area (Å²) in [5.41, 5.74) is 2.03. The lowest BCUT2D eigenvalue weighted by molar-refractivity contribution is -0.122. The van der Waals surface area contributed by atoms with Crippen LogP contribution in [0.1, 0.15) is 58.0 Å². The minimum atomic E-state index is -0.267. The number of nitrogens with one attached hydrogen (secondary N) is 1. The van der Waals surface area contributed by atoms with Crippen LogP contribution in [0.4, 0.5) is 0 Å². The van der Waals surface area contributed by atoms with Crippen molar-refractivity contribution in [2.24, 2.45) is 5.92 Å². The second kappa shape index (κ2) is 7.35. The molecule has 3 amide bonds. The molecule has 5 nitrogen and oxygen atoms in total. The second-order valence-electron chi connectivity index (χ2n) is 7.20. The van der Waals surface area contributed by atoms with Crippen LogP contribution in [0, 0.1) is 5.92 Å². The molecule has 1 aliphatic carbocycles. The Kier molecular flexibility index (Phi) is 4.75. The van der Waals surface area contributed by atoms with Gasteiger partial charge in [0.15, 0.2) is 0 Å². The van der Waals surface area contributed by atoms with Crippen molar-refractivity contribution in [3.8, 4) is 0 Å². The number of carbonyl (C=O) groups excluding carboxylic acids is 3. The van der Waals surface area contributed by atoms with Gasteiger partial charge in [0.05, 0.1) is 17.2 Å².